The predicted molar refractivity (Wildman–Crippen MR) is 117 cm³/mol. The quantitative estimate of drug-likeness (QED) is 0.313. The summed E-state index contributed by atoms with van der Waals surface area (Å²) in [5, 5.41) is 4.22. The third-order valence-corrected chi connectivity index (χ3v) is 5.09. The van der Waals surface area contributed by atoms with Crippen molar-refractivity contribution in [3.63, 3.8) is 0 Å². The topological polar surface area (TPSA) is 0 Å². The lowest BCUT2D eigenvalue weighted by atomic mass is 9.77. The highest BCUT2D eigenvalue weighted by Crippen LogP contribution is 2.33. The van der Waals surface area contributed by atoms with Gasteiger partial charge in [0.2, 0.25) is 0 Å². The van der Waals surface area contributed by atoms with Crippen LogP contribution in [0.1, 0.15) is 58.2 Å². The molecule has 0 atom stereocenters. The van der Waals surface area contributed by atoms with Crippen LogP contribution in [0.5, 0.6) is 0 Å². The van der Waals surface area contributed by atoms with E-state index in [-0.39, 0.29) is 10.8 Å². The zero-order valence-electron chi connectivity index (χ0n) is 16.6. The number of fused-ring (bicyclic) bond motifs is 2. The molecule has 0 saturated heterocycles. The average molecular weight is 334 g/mol. The van der Waals surface area contributed by atoms with Crippen molar-refractivity contribution >= 4 is 42.7 Å². The molecule has 0 N–H and O–H groups in total. The van der Waals surface area contributed by atoms with Crippen LogP contribution in [0.4, 0.5) is 0 Å². The van der Waals surface area contributed by atoms with Crippen molar-refractivity contribution in [2.75, 3.05) is 0 Å². The molecule has 3 aromatic carbocycles. The molecule has 3 aromatic rings. The Kier molecular flexibility index (Phi) is 4.48. The molecule has 126 valence electrons. The van der Waals surface area contributed by atoms with E-state index in [1.165, 1.54) is 11.1 Å². The van der Waals surface area contributed by atoms with E-state index in [2.05, 4.69) is 89.7 Å². The molecular formula is C24H24B2. The molecule has 0 fully saturated rings. The highest BCUT2D eigenvalue weighted by Gasteiger charge is 2.19. The first kappa shape index (κ1) is 18.7. The van der Waals surface area contributed by atoms with E-state index in [4.69, 9.17) is 15.7 Å². The van der Waals surface area contributed by atoms with Crippen LogP contribution in [0.3, 0.4) is 0 Å². The smallest absolute Gasteiger partial charge is 0.167 e. The minimum atomic E-state index is 0.0570. The molecule has 26 heavy (non-hydrogen) atoms. The van der Waals surface area contributed by atoms with Gasteiger partial charge in [-0.2, -0.15) is 5.82 Å². The molecule has 0 unspecified atom stereocenters. The third kappa shape index (κ3) is 3.16. The Morgan fingerprint density at radius 3 is 1.69 bits per heavy atom. The lowest BCUT2D eigenvalue weighted by Crippen LogP contribution is -2.15. The molecule has 0 heterocycles. The van der Waals surface area contributed by atoms with Crippen LogP contribution in [0.25, 0.3) is 21.5 Å². The Labute approximate surface area is 160 Å². The summed E-state index contributed by atoms with van der Waals surface area (Å²) in [6.45, 7) is 13.3. The van der Waals surface area contributed by atoms with Crippen molar-refractivity contribution in [3.8, 4) is 11.7 Å². The minimum absolute atomic E-state index is 0.0570. The maximum Gasteiger partial charge on any atom is 0.188 e. The van der Waals surface area contributed by atoms with Gasteiger partial charge in [-0.15, -0.1) is 0 Å². The van der Waals surface area contributed by atoms with Gasteiger partial charge in [0.05, 0.1) is 0 Å². The van der Waals surface area contributed by atoms with Crippen LogP contribution in [0.2, 0.25) is 0 Å². The van der Waals surface area contributed by atoms with Crippen LogP contribution >= 0.6 is 0 Å². The highest BCUT2D eigenvalue weighted by molar-refractivity contribution is 6.46. The van der Waals surface area contributed by atoms with Gasteiger partial charge < -0.3 is 0 Å². The molecule has 0 saturated carbocycles. The van der Waals surface area contributed by atoms with Gasteiger partial charge in [0.15, 0.2) is 7.85 Å². The zero-order chi connectivity index (χ0) is 19.3. The van der Waals surface area contributed by atoms with Gasteiger partial charge in [-0.3, -0.25) is 0 Å². The number of hydrogen-bond donors (Lipinski definition) is 0. The summed E-state index contributed by atoms with van der Waals surface area (Å²) >= 11 is 0. The van der Waals surface area contributed by atoms with Crippen molar-refractivity contribution in [1.82, 2.24) is 0 Å². The second kappa shape index (κ2) is 6.24. The Morgan fingerprint density at radius 1 is 0.692 bits per heavy atom. The van der Waals surface area contributed by atoms with E-state index in [9.17, 15) is 0 Å². The maximum absolute atomic E-state index is 6.61. The van der Waals surface area contributed by atoms with Crippen LogP contribution in [-0.4, -0.2) is 15.7 Å². The second-order valence-corrected chi connectivity index (χ2v) is 9.08. The molecule has 0 nitrogen and oxygen atoms in total. The van der Waals surface area contributed by atoms with Gasteiger partial charge in [0.1, 0.15) is 7.85 Å². The molecule has 2 heteroatoms. The van der Waals surface area contributed by atoms with Crippen LogP contribution in [0.15, 0.2) is 36.4 Å². The summed E-state index contributed by atoms with van der Waals surface area (Å²) in [4.78, 5) is 0. The molecule has 3 rings (SSSR count). The minimum Gasteiger partial charge on any atom is -0.167 e. The van der Waals surface area contributed by atoms with Crippen molar-refractivity contribution in [3.05, 3.63) is 53.1 Å². The zero-order valence-corrected chi connectivity index (χ0v) is 16.6. The van der Waals surface area contributed by atoms with E-state index in [1.54, 1.807) is 0 Å². The fourth-order valence-electron chi connectivity index (χ4n) is 3.40. The Hall–Kier alpha value is -2.13. The molecule has 0 amide bonds. The molecule has 0 spiro atoms. The number of benzene rings is 3. The van der Waals surface area contributed by atoms with Crippen molar-refractivity contribution in [2.45, 2.75) is 52.4 Å². The van der Waals surface area contributed by atoms with Gasteiger partial charge in [-0.25, -0.2) is 0 Å². The Bertz CT molecular complexity index is 1070. The van der Waals surface area contributed by atoms with Gasteiger partial charge >= 0.3 is 0 Å². The molecule has 0 bridgehead atoms. The summed E-state index contributed by atoms with van der Waals surface area (Å²) in [6, 6.07) is 13.0. The summed E-state index contributed by atoms with van der Waals surface area (Å²) in [6.07, 6.45) is 0. The predicted octanol–water partition coefficient (Wildman–Crippen LogP) is 4.86. The third-order valence-electron chi connectivity index (χ3n) is 5.09. The van der Waals surface area contributed by atoms with E-state index < -0.39 is 0 Å². The van der Waals surface area contributed by atoms with Gasteiger partial charge in [-0.05, 0) is 49.6 Å². The highest BCUT2D eigenvalue weighted by atomic mass is 14.2. The molecular weight excluding hydrogens is 310 g/mol. The molecule has 0 aliphatic rings. The lowest BCUT2D eigenvalue weighted by molar-refractivity contribution is 0.590. The van der Waals surface area contributed by atoms with Crippen LogP contribution in [-0.2, 0) is 10.8 Å². The van der Waals surface area contributed by atoms with Crippen LogP contribution in [0, 0.1) is 11.7 Å². The summed E-state index contributed by atoms with van der Waals surface area (Å²) in [5.41, 5.74) is 4.40. The van der Waals surface area contributed by atoms with E-state index >= 15 is 0 Å². The average Bonchev–Trinajstić information content (AvgIpc) is 2.56. The largest absolute Gasteiger partial charge is 0.188 e. The standard InChI is InChI=1S/C24H24B2/c1-23(2,3)15-8-10-19-20(13-15)18(11-12-25)17-9-7-16(24(4,5)6)14-21(17)22(19)26/h7-10,13-14H,1-6H3. The number of rotatable bonds is 0. The Morgan fingerprint density at radius 2 is 1.19 bits per heavy atom. The summed E-state index contributed by atoms with van der Waals surface area (Å²) < 4.78 is 0. The molecule has 0 aromatic heterocycles. The molecule has 0 aliphatic heterocycles. The number of hydrogen-bond acceptors (Lipinski definition) is 0. The SMILES string of the molecule is [B]C#Cc1c2ccc(C(C)(C)C)cc2c([B])c2ccc(C(C)(C)C)cc12. The van der Waals surface area contributed by atoms with Crippen LogP contribution < -0.4 is 5.46 Å². The summed E-state index contributed by atoms with van der Waals surface area (Å²) in [7, 11) is 12.2. The van der Waals surface area contributed by atoms with Crippen molar-refractivity contribution in [2.24, 2.45) is 0 Å². The first-order valence-corrected chi connectivity index (χ1v) is 9.05. The van der Waals surface area contributed by atoms with E-state index in [0.29, 0.717) is 0 Å². The normalized spacial score (nSPS) is 12.2. The van der Waals surface area contributed by atoms with Crippen molar-refractivity contribution < 1.29 is 0 Å². The fourth-order valence-corrected chi connectivity index (χ4v) is 3.40. The van der Waals surface area contributed by atoms with Gasteiger partial charge in [-0.1, -0.05) is 83.3 Å². The molecule has 0 aliphatic carbocycles. The first-order valence-electron chi connectivity index (χ1n) is 9.05. The maximum atomic E-state index is 6.61. The van der Waals surface area contributed by atoms with E-state index in [1.807, 2.05) is 0 Å². The fraction of sp³-hybridized carbons (Fsp3) is 0.333. The van der Waals surface area contributed by atoms with Gasteiger partial charge in [0, 0.05) is 5.56 Å². The monoisotopic (exact) mass is 334 g/mol. The first-order chi connectivity index (χ1) is 12.0. The Balaban J connectivity index is 2.48. The van der Waals surface area contributed by atoms with E-state index in [0.717, 1.165) is 32.6 Å². The lowest BCUT2D eigenvalue weighted by Gasteiger charge is -2.23. The second-order valence-electron chi connectivity index (χ2n) is 9.08. The molecule has 4 radical (unpaired) electrons. The van der Waals surface area contributed by atoms with Crippen molar-refractivity contribution in [1.29, 1.82) is 0 Å². The van der Waals surface area contributed by atoms with Gasteiger partial charge in [0.25, 0.3) is 0 Å². The summed E-state index contributed by atoms with van der Waals surface area (Å²) in [5.74, 6) is 5.73.